The normalized spacial score (nSPS) is 9.83. The predicted molar refractivity (Wildman–Crippen MR) is 73.1 cm³/mol. The molecule has 3 N–H and O–H groups in total. The molecule has 0 fully saturated rings. The van der Waals surface area contributed by atoms with Gasteiger partial charge in [0.1, 0.15) is 11.9 Å². The molecular weight excluding hydrogens is 271 g/mol. The van der Waals surface area contributed by atoms with E-state index in [2.05, 4.69) is 16.4 Å². The van der Waals surface area contributed by atoms with E-state index in [0.717, 1.165) is 0 Å². The molecule has 6 heteroatoms. The molecule has 2 aromatic rings. The van der Waals surface area contributed by atoms with E-state index in [9.17, 15) is 0 Å². The van der Waals surface area contributed by atoms with E-state index >= 15 is 0 Å². The zero-order chi connectivity index (χ0) is 13.1. The van der Waals surface area contributed by atoms with Crippen LogP contribution in [0.2, 0.25) is 10.0 Å². The fourth-order valence-electron chi connectivity index (χ4n) is 1.39. The summed E-state index contributed by atoms with van der Waals surface area (Å²) < 4.78 is 0. The summed E-state index contributed by atoms with van der Waals surface area (Å²) in [6, 6.07) is 8.53. The maximum atomic E-state index is 8.99. The summed E-state index contributed by atoms with van der Waals surface area (Å²) in [4.78, 5) is 4.06. The SMILES string of the molecule is N#Cc1ccc(Cl)cc1Nc1ncc(N)cc1Cl. The van der Waals surface area contributed by atoms with E-state index in [1.54, 1.807) is 24.3 Å². The molecule has 90 valence electrons. The zero-order valence-electron chi connectivity index (χ0n) is 9.11. The Balaban J connectivity index is 2.40. The number of aromatic nitrogens is 1. The first-order chi connectivity index (χ1) is 8.60. The zero-order valence-corrected chi connectivity index (χ0v) is 10.6. The first-order valence-corrected chi connectivity index (χ1v) is 5.73. The van der Waals surface area contributed by atoms with E-state index < -0.39 is 0 Å². The van der Waals surface area contributed by atoms with Gasteiger partial charge < -0.3 is 11.1 Å². The Kier molecular flexibility index (Phi) is 3.56. The second kappa shape index (κ2) is 5.13. The van der Waals surface area contributed by atoms with Crippen molar-refractivity contribution in [2.75, 3.05) is 11.1 Å². The molecule has 0 radical (unpaired) electrons. The molecule has 0 saturated carbocycles. The molecule has 0 saturated heterocycles. The molecule has 0 aliphatic rings. The minimum atomic E-state index is 0.374. The summed E-state index contributed by atoms with van der Waals surface area (Å²) >= 11 is 11.9. The highest BCUT2D eigenvalue weighted by Crippen LogP contribution is 2.28. The highest BCUT2D eigenvalue weighted by atomic mass is 35.5. The van der Waals surface area contributed by atoms with E-state index in [0.29, 0.717) is 32.8 Å². The van der Waals surface area contributed by atoms with Gasteiger partial charge in [-0.3, -0.25) is 0 Å². The molecule has 0 amide bonds. The number of hydrogen-bond acceptors (Lipinski definition) is 4. The Morgan fingerprint density at radius 1 is 1.28 bits per heavy atom. The van der Waals surface area contributed by atoms with Gasteiger partial charge in [0.2, 0.25) is 0 Å². The van der Waals surface area contributed by atoms with Crippen molar-refractivity contribution < 1.29 is 0 Å². The molecule has 0 bridgehead atoms. The highest BCUT2D eigenvalue weighted by Gasteiger charge is 2.07. The Morgan fingerprint density at radius 3 is 2.72 bits per heavy atom. The summed E-state index contributed by atoms with van der Waals surface area (Å²) in [5.41, 5.74) is 7.02. The Hall–Kier alpha value is -1.96. The number of nitrogens with two attached hydrogens (primary N) is 1. The number of anilines is 3. The Bertz CT molecular complexity index is 634. The Labute approximate surface area is 114 Å². The average molecular weight is 279 g/mol. The van der Waals surface area contributed by atoms with Gasteiger partial charge in [0.05, 0.1) is 28.2 Å². The lowest BCUT2D eigenvalue weighted by Gasteiger charge is -2.09. The summed E-state index contributed by atoms with van der Waals surface area (Å²) in [5.74, 6) is 0.421. The molecule has 2 rings (SSSR count). The fraction of sp³-hybridized carbons (Fsp3) is 0. The van der Waals surface area contributed by atoms with E-state index in [1.165, 1.54) is 6.20 Å². The van der Waals surface area contributed by atoms with Gasteiger partial charge in [-0.15, -0.1) is 0 Å². The van der Waals surface area contributed by atoms with Crippen LogP contribution in [0.3, 0.4) is 0 Å². The van der Waals surface area contributed by atoms with Crippen LogP contribution in [-0.2, 0) is 0 Å². The monoisotopic (exact) mass is 278 g/mol. The minimum Gasteiger partial charge on any atom is -0.397 e. The molecule has 1 aromatic heterocycles. The van der Waals surface area contributed by atoms with E-state index in [1.807, 2.05) is 0 Å². The molecule has 0 aliphatic heterocycles. The topological polar surface area (TPSA) is 74.7 Å². The minimum absolute atomic E-state index is 0.374. The molecule has 1 heterocycles. The first kappa shape index (κ1) is 12.5. The largest absolute Gasteiger partial charge is 0.397 e. The van der Waals surface area contributed by atoms with Crippen molar-refractivity contribution in [3.05, 3.63) is 46.1 Å². The molecule has 0 unspecified atom stereocenters. The van der Waals surface area contributed by atoms with Gasteiger partial charge >= 0.3 is 0 Å². The lowest BCUT2D eigenvalue weighted by atomic mass is 10.2. The lowest BCUT2D eigenvalue weighted by molar-refractivity contribution is 1.31. The van der Waals surface area contributed by atoms with Crippen LogP contribution in [-0.4, -0.2) is 4.98 Å². The van der Waals surface area contributed by atoms with Crippen LogP contribution in [0.5, 0.6) is 0 Å². The second-order valence-electron chi connectivity index (χ2n) is 3.53. The van der Waals surface area contributed by atoms with Crippen molar-refractivity contribution in [1.82, 2.24) is 4.98 Å². The highest BCUT2D eigenvalue weighted by molar-refractivity contribution is 6.33. The van der Waals surface area contributed by atoms with Crippen molar-refractivity contribution in [1.29, 1.82) is 5.26 Å². The van der Waals surface area contributed by atoms with Crippen LogP contribution in [0, 0.1) is 11.3 Å². The fourth-order valence-corrected chi connectivity index (χ4v) is 1.78. The summed E-state index contributed by atoms with van der Waals surface area (Å²) in [6.07, 6.45) is 1.48. The molecule has 0 spiro atoms. The van der Waals surface area contributed by atoms with Crippen molar-refractivity contribution in [3.8, 4) is 6.07 Å². The second-order valence-corrected chi connectivity index (χ2v) is 4.37. The number of pyridine rings is 1. The smallest absolute Gasteiger partial charge is 0.149 e. The maximum absolute atomic E-state index is 8.99. The maximum Gasteiger partial charge on any atom is 0.149 e. The van der Waals surface area contributed by atoms with E-state index in [4.69, 9.17) is 34.2 Å². The summed E-state index contributed by atoms with van der Waals surface area (Å²) in [6.45, 7) is 0. The third kappa shape index (κ3) is 2.65. The number of halogens is 2. The number of nitrogens with zero attached hydrogens (tertiary/aromatic N) is 2. The van der Waals surface area contributed by atoms with Gasteiger partial charge in [-0.25, -0.2) is 4.98 Å². The van der Waals surface area contributed by atoms with Crippen LogP contribution in [0.4, 0.5) is 17.2 Å². The number of nitriles is 1. The van der Waals surface area contributed by atoms with Crippen LogP contribution in [0.15, 0.2) is 30.5 Å². The van der Waals surface area contributed by atoms with Crippen molar-refractivity contribution in [2.24, 2.45) is 0 Å². The molecule has 4 nitrogen and oxygen atoms in total. The molecule has 18 heavy (non-hydrogen) atoms. The van der Waals surface area contributed by atoms with Crippen molar-refractivity contribution >= 4 is 40.4 Å². The van der Waals surface area contributed by atoms with Crippen LogP contribution in [0.1, 0.15) is 5.56 Å². The summed E-state index contributed by atoms with van der Waals surface area (Å²) in [5, 5.41) is 12.8. The van der Waals surface area contributed by atoms with Gasteiger partial charge in [0.15, 0.2) is 0 Å². The Morgan fingerprint density at radius 2 is 2.06 bits per heavy atom. The average Bonchev–Trinajstić information content (AvgIpc) is 2.33. The third-order valence-corrected chi connectivity index (χ3v) is 2.74. The predicted octanol–water partition coefficient (Wildman–Crippen LogP) is 3.59. The van der Waals surface area contributed by atoms with Crippen molar-refractivity contribution in [3.63, 3.8) is 0 Å². The van der Waals surface area contributed by atoms with Gasteiger partial charge in [0, 0.05) is 5.02 Å². The van der Waals surface area contributed by atoms with Crippen LogP contribution < -0.4 is 11.1 Å². The number of nitrogens with one attached hydrogen (secondary N) is 1. The quantitative estimate of drug-likeness (QED) is 0.880. The van der Waals surface area contributed by atoms with Gasteiger partial charge in [-0.05, 0) is 24.3 Å². The van der Waals surface area contributed by atoms with Crippen molar-refractivity contribution in [2.45, 2.75) is 0 Å². The van der Waals surface area contributed by atoms with Crippen LogP contribution in [0.25, 0.3) is 0 Å². The lowest BCUT2D eigenvalue weighted by Crippen LogP contribution is -1.98. The number of benzene rings is 1. The number of hydrogen-bond donors (Lipinski definition) is 2. The molecular formula is C12H8Cl2N4. The van der Waals surface area contributed by atoms with Crippen LogP contribution >= 0.6 is 23.2 Å². The summed E-state index contributed by atoms with van der Waals surface area (Å²) in [7, 11) is 0. The molecule has 0 aliphatic carbocycles. The number of rotatable bonds is 2. The van der Waals surface area contributed by atoms with E-state index in [-0.39, 0.29) is 0 Å². The molecule has 0 atom stereocenters. The molecule has 1 aromatic carbocycles. The van der Waals surface area contributed by atoms with Gasteiger partial charge in [-0.2, -0.15) is 5.26 Å². The standard InChI is InChI=1S/C12H8Cl2N4/c13-8-2-1-7(5-15)11(3-8)18-12-10(14)4-9(16)6-17-12/h1-4,6H,16H2,(H,17,18). The third-order valence-electron chi connectivity index (χ3n) is 2.22. The number of nitrogen functional groups attached to an aromatic ring is 1. The van der Waals surface area contributed by atoms with Gasteiger partial charge in [0.25, 0.3) is 0 Å². The first-order valence-electron chi connectivity index (χ1n) is 4.98. The van der Waals surface area contributed by atoms with Gasteiger partial charge in [-0.1, -0.05) is 23.2 Å².